The molecule has 74 valence electrons. The molecule has 0 aromatic heterocycles. The highest BCUT2D eigenvalue weighted by molar-refractivity contribution is 4.92. The van der Waals surface area contributed by atoms with Crippen LogP contribution in [0.5, 0.6) is 0 Å². The second kappa shape index (κ2) is 4.68. The Bertz CT molecular complexity index is 121. The summed E-state index contributed by atoms with van der Waals surface area (Å²) in [6.07, 6.45) is -3.63. The zero-order valence-corrected chi connectivity index (χ0v) is 6.39. The molecule has 0 heterocycles. The van der Waals surface area contributed by atoms with Crippen molar-refractivity contribution in [1.29, 1.82) is 0 Å². The largest absolute Gasteiger partial charge is 0.394 e. The first-order chi connectivity index (χ1) is 5.52. The molecule has 0 aliphatic rings. The van der Waals surface area contributed by atoms with E-state index < -0.39 is 37.7 Å². The van der Waals surface area contributed by atoms with Crippen LogP contribution in [0.25, 0.3) is 0 Å². The number of aliphatic hydroxyl groups is 5. The van der Waals surface area contributed by atoms with Gasteiger partial charge in [-0.15, -0.1) is 0 Å². The molecule has 0 aromatic carbocycles. The van der Waals surface area contributed by atoms with Gasteiger partial charge in [0.05, 0.1) is 13.2 Å². The van der Waals surface area contributed by atoms with Crippen molar-refractivity contribution < 1.29 is 29.9 Å². The summed E-state index contributed by atoms with van der Waals surface area (Å²) in [5, 5.41) is 43.6. The molecule has 0 aliphatic carbocycles. The third-order valence-corrected chi connectivity index (χ3v) is 1.71. The monoisotopic (exact) mass is 184 g/mol. The van der Waals surface area contributed by atoms with Crippen LogP contribution in [-0.4, -0.2) is 63.2 Å². The van der Waals surface area contributed by atoms with Crippen molar-refractivity contribution >= 4 is 0 Å². The molecular formula is C6H13FO5. The number of hydrogen-bond donors (Lipinski definition) is 5. The van der Waals surface area contributed by atoms with Gasteiger partial charge in [-0.05, 0) is 0 Å². The van der Waals surface area contributed by atoms with Gasteiger partial charge in [0.1, 0.15) is 24.5 Å². The second-order valence-corrected chi connectivity index (χ2v) is 2.52. The topological polar surface area (TPSA) is 101 Å². The zero-order valence-electron chi connectivity index (χ0n) is 6.39. The lowest BCUT2D eigenvalue weighted by atomic mass is 9.92. The predicted octanol–water partition coefficient (Wildman–Crippen LogP) is -2.61. The minimum absolute atomic E-state index is 0.891. The van der Waals surface area contributed by atoms with Crippen molar-refractivity contribution in [3.8, 4) is 0 Å². The quantitative estimate of drug-likeness (QED) is 0.322. The van der Waals surface area contributed by atoms with Gasteiger partial charge in [-0.25, -0.2) is 4.39 Å². The lowest BCUT2D eigenvalue weighted by molar-refractivity contribution is -0.175. The van der Waals surface area contributed by atoms with E-state index in [1.807, 2.05) is 0 Å². The fourth-order valence-corrected chi connectivity index (χ4v) is 0.716. The van der Waals surface area contributed by atoms with Gasteiger partial charge in [-0.1, -0.05) is 0 Å². The van der Waals surface area contributed by atoms with E-state index in [4.69, 9.17) is 25.5 Å². The smallest absolute Gasteiger partial charge is 0.149 e. The summed E-state index contributed by atoms with van der Waals surface area (Å²) >= 11 is 0. The molecule has 2 unspecified atom stereocenters. The molecule has 0 saturated carbocycles. The van der Waals surface area contributed by atoms with Crippen molar-refractivity contribution in [3.63, 3.8) is 0 Å². The Morgan fingerprint density at radius 2 is 1.42 bits per heavy atom. The maximum atomic E-state index is 12.1. The highest BCUT2D eigenvalue weighted by atomic mass is 19.1. The lowest BCUT2D eigenvalue weighted by Gasteiger charge is -2.32. The standard InChI is InChI=1S/C6H13FO5/c7-3-6(12,4(10)1-8)5(11)2-9/h4-5,8-12H,1-3H2. The summed E-state index contributed by atoms with van der Waals surface area (Å²) in [6, 6.07) is 0. The van der Waals surface area contributed by atoms with Crippen LogP contribution in [-0.2, 0) is 0 Å². The van der Waals surface area contributed by atoms with Crippen LogP contribution in [0.1, 0.15) is 0 Å². The van der Waals surface area contributed by atoms with Crippen molar-refractivity contribution in [1.82, 2.24) is 0 Å². The van der Waals surface area contributed by atoms with Crippen molar-refractivity contribution in [2.75, 3.05) is 19.9 Å². The van der Waals surface area contributed by atoms with E-state index >= 15 is 0 Å². The third-order valence-electron chi connectivity index (χ3n) is 1.71. The second-order valence-electron chi connectivity index (χ2n) is 2.52. The van der Waals surface area contributed by atoms with Crippen LogP contribution < -0.4 is 0 Å². The summed E-state index contributed by atoms with van der Waals surface area (Å²) in [6.45, 7) is -3.23. The Kier molecular flexibility index (Phi) is 4.58. The van der Waals surface area contributed by atoms with Gasteiger partial charge in [-0.3, -0.25) is 0 Å². The molecule has 0 rings (SSSR count). The molecule has 5 N–H and O–H groups in total. The molecule has 0 saturated heterocycles. The van der Waals surface area contributed by atoms with Gasteiger partial charge in [0.15, 0.2) is 0 Å². The Hall–Kier alpha value is -0.270. The number of hydrogen-bond acceptors (Lipinski definition) is 5. The van der Waals surface area contributed by atoms with Crippen LogP contribution >= 0.6 is 0 Å². The van der Waals surface area contributed by atoms with Gasteiger partial charge in [0, 0.05) is 0 Å². The van der Waals surface area contributed by atoms with Crippen molar-refractivity contribution in [2.45, 2.75) is 17.8 Å². The number of halogens is 1. The molecule has 0 fully saturated rings. The molecule has 12 heavy (non-hydrogen) atoms. The lowest BCUT2D eigenvalue weighted by Crippen LogP contribution is -2.56. The van der Waals surface area contributed by atoms with Crippen molar-refractivity contribution in [2.24, 2.45) is 0 Å². The third kappa shape index (κ3) is 2.11. The molecular weight excluding hydrogens is 171 g/mol. The van der Waals surface area contributed by atoms with Gasteiger partial charge < -0.3 is 25.5 Å². The summed E-state index contributed by atoms with van der Waals surface area (Å²) in [4.78, 5) is 0. The minimum atomic E-state index is -2.50. The Labute approximate surface area is 68.7 Å². The number of aliphatic hydroxyl groups excluding tert-OH is 4. The molecule has 0 bridgehead atoms. The molecule has 2 atom stereocenters. The van der Waals surface area contributed by atoms with E-state index in [-0.39, 0.29) is 0 Å². The van der Waals surface area contributed by atoms with E-state index in [1.54, 1.807) is 0 Å². The summed E-state index contributed by atoms with van der Waals surface area (Å²) in [5.41, 5.74) is -2.50. The van der Waals surface area contributed by atoms with E-state index in [9.17, 15) is 4.39 Å². The van der Waals surface area contributed by atoms with Crippen LogP contribution in [0.15, 0.2) is 0 Å². The maximum Gasteiger partial charge on any atom is 0.149 e. The van der Waals surface area contributed by atoms with E-state index in [2.05, 4.69) is 0 Å². The minimum Gasteiger partial charge on any atom is -0.394 e. The molecule has 5 nitrogen and oxygen atoms in total. The van der Waals surface area contributed by atoms with Gasteiger partial charge in [-0.2, -0.15) is 0 Å². The Morgan fingerprint density at radius 1 is 1.08 bits per heavy atom. The average Bonchev–Trinajstić information content (AvgIpc) is 2.13. The SMILES string of the molecule is OCC(O)C(O)(CF)C(O)CO. The maximum absolute atomic E-state index is 12.1. The summed E-state index contributed by atoms with van der Waals surface area (Å²) in [7, 11) is 0. The van der Waals surface area contributed by atoms with Gasteiger partial charge in [0.25, 0.3) is 0 Å². The van der Waals surface area contributed by atoms with Crippen molar-refractivity contribution in [3.05, 3.63) is 0 Å². The first kappa shape index (κ1) is 11.7. The first-order valence-electron chi connectivity index (χ1n) is 3.39. The molecule has 0 aliphatic heterocycles. The van der Waals surface area contributed by atoms with Crippen LogP contribution in [0.4, 0.5) is 4.39 Å². The molecule has 0 aromatic rings. The van der Waals surface area contributed by atoms with E-state index in [0.717, 1.165) is 0 Å². The summed E-state index contributed by atoms with van der Waals surface area (Å²) in [5.74, 6) is 0. The Morgan fingerprint density at radius 3 is 1.58 bits per heavy atom. The van der Waals surface area contributed by atoms with Crippen LogP contribution in [0.2, 0.25) is 0 Å². The van der Waals surface area contributed by atoms with Crippen LogP contribution in [0, 0.1) is 0 Å². The highest BCUT2D eigenvalue weighted by Gasteiger charge is 2.42. The van der Waals surface area contributed by atoms with E-state index in [0.29, 0.717) is 0 Å². The molecule has 0 radical (unpaired) electrons. The molecule has 0 spiro atoms. The zero-order chi connectivity index (χ0) is 9.78. The average molecular weight is 184 g/mol. The van der Waals surface area contributed by atoms with Crippen LogP contribution in [0.3, 0.4) is 0 Å². The normalized spacial score (nSPS) is 21.5. The highest BCUT2D eigenvalue weighted by Crippen LogP contribution is 2.16. The molecule has 6 heteroatoms. The number of rotatable bonds is 5. The van der Waals surface area contributed by atoms with Gasteiger partial charge in [0.2, 0.25) is 0 Å². The number of alkyl halides is 1. The first-order valence-corrected chi connectivity index (χ1v) is 3.39. The Balaban J connectivity index is 4.42. The fraction of sp³-hybridized carbons (Fsp3) is 1.00. The summed E-state index contributed by atoms with van der Waals surface area (Å²) < 4.78 is 12.1. The predicted molar refractivity (Wildman–Crippen MR) is 37.1 cm³/mol. The van der Waals surface area contributed by atoms with Gasteiger partial charge >= 0.3 is 0 Å². The fourth-order valence-electron chi connectivity index (χ4n) is 0.716. The van der Waals surface area contributed by atoms with E-state index in [1.165, 1.54) is 0 Å². The molecule has 0 amide bonds.